The highest BCUT2D eigenvalue weighted by Crippen LogP contribution is 2.00. The SMILES string of the molecule is CNC(=O)CNC(=O)CSCCOCCOCCSCC(=O)NCC(=O)NC. The van der Waals surface area contributed by atoms with Gasteiger partial charge in [-0.05, 0) is 0 Å². The zero-order valence-electron chi connectivity index (χ0n) is 16.3. The highest BCUT2D eigenvalue weighted by atomic mass is 32.2. The number of thioether (sulfide) groups is 2. The van der Waals surface area contributed by atoms with Crippen molar-refractivity contribution >= 4 is 47.2 Å². The quantitative estimate of drug-likeness (QED) is 0.196. The molecule has 0 aliphatic heterocycles. The van der Waals surface area contributed by atoms with Gasteiger partial charge in [0.1, 0.15) is 0 Å². The lowest BCUT2D eigenvalue weighted by Crippen LogP contribution is -2.36. The fourth-order valence-corrected chi connectivity index (χ4v) is 2.86. The third kappa shape index (κ3) is 17.9. The van der Waals surface area contributed by atoms with E-state index in [4.69, 9.17) is 9.47 Å². The normalized spacial score (nSPS) is 10.2. The Bertz CT molecular complexity index is 440. The summed E-state index contributed by atoms with van der Waals surface area (Å²) in [6, 6.07) is 0. The molecule has 0 aliphatic rings. The highest BCUT2D eigenvalue weighted by Gasteiger charge is 2.05. The zero-order chi connectivity index (χ0) is 21.0. The van der Waals surface area contributed by atoms with E-state index in [1.54, 1.807) is 0 Å². The number of amides is 4. The Balaban J connectivity index is 3.29. The second-order valence-corrected chi connectivity index (χ2v) is 7.44. The van der Waals surface area contributed by atoms with Gasteiger partial charge in [-0.1, -0.05) is 0 Å². The summed E-state index contributed by atoms with van der Waals surface area (Å²) < 4.78 is 10.8. The van der Waals surface area contributed by atoms with Crippen LogP contribution in [0, 0.1) is 0 Å². The molecule has 28 heavy (non-hydrogen) atoms. The largest absolute Gasteiger partial charge is 0.378 e. The Morgan fingerprint density at radius 1 is 0.643 bits per heavy atom. The van der Waals surface area contributed by atoms with Crippen LogP contribution in [0.15, 0.2) is 0 Å². The van der Waals surface area contributed by atoms with Gasteiger partial charge in [0.25, 0.3) is 0 Å². The van der Waals surface area contributed by atoms with Crippen LogP contribution in [-0.2, 0) is 28.7 Å². The molecule has 0 aliphatic carbocycles. The molecule has 4 N–H and O–H groups in total. The van der Waals surface area contributed by atoms with Gasteiger partial charge in [-0.25, -0.2) is 0 Å². The molecule has 0 radical (unpaired) electrons. The summed E-state index contributed by atoms with van der Waals surface area (Å²) in [6.07, 6.45) is 0. The molecule has 0 saturated heterocycles. The predicted molar refractivity (Wildman–Crippen MR) is 110 cm³/mol. The third-order valence-corrected chi connectivity index (χ3v) is 4.88. The van der Waals surface area contributed by atoms with Gasteiger partial charge in [0.2, 0.25) is 23.6 Å². The highest BCUT2D eigenvalue weighted by molar-refractivity contribution is 8.00. The molecule has 0 heterocycles. The van der Waals surface area contributed by atoms with Gasteiger partial charge in [0.05, 0.1) is 51.0 Å². The van der Waals surface area contributed by atoms with Crippen molar-refractivity contribution in [2.24, 2.45) is 0 Å². The van der Waals surface area contributed by atoms with Crippen molar-refractivity contribution in [2.45, 2.75) is 0 Å². The summed E-state index contributed by atoms with van der Waals surface area (Å²) in [7, 11) is 3.03. The number of ether oxygens (including phenoxy) is 2. The van der Waals surface area contributed by atoms with Crippen molar-refractivity contribution < 1.29 is 28.7 Å². The Labute approximate surface area is 174 Å². The van der Waals surface area contributed by atoms with Crippen molar-refractivity contribution in [3.8, 4) is 0 Å². The minimum absolute atomic E-state index is 0.0112. The van der Waals surface area contributed by atoms with Gasteiger partial charge in [0, 0.05) is 25.6 Å². The first-order valence-corrected chi connectivity index (χ1v) is 11.1. The molecule has 0 rings (SSSR count). The zero-order valence-corrected chi connectivity index (χ0v) is 18.0. The molecule has 0 aromatic heterocycles. The van der Waals surface area contributed by atoms with Gasteiger partial charge in [0.15, 0.2) is 0 Å². The van der Waals surface area contributed by atoms with E-state index >= 15 is 0 Å². The number of hydrogen-bond donors (Lipinski definition) is 4. The summed E-state index contributed by atoms with van der Waals surface area (Å²) in [5.74, 6) is 1.08. The summed E-state index contributed by atoms with van der Waals surface area (Å²) in [6.45, 7) is 1.92. The number of rotatable bonds is 17. The smallest absolute Gasteiger partial charge is 0.239 e. The number of hydrogen-bond acceptors (Lipinski definition) is 8. The van der Waals surface area contributed by atoms with Crippen LogP contribution in [-0.4, -0.2) is 100 Å². The first-order chi connectivity index (χ1) is 13.5. The standard InChI is InChI=1S/C16H30N4O6S2/c1-17-13(21)9-19-15(23)11-27-7-5-25-3-4-26-6-8-28-12-16(24)20-10-14(22)18-2/h3-12H2,1-2H3,(H,17,21)(H,18,22)(H,19,23)(H,20,24). The molecule has 0 aromatic carbocycles. The van der Waals surface area contributed by atoms with Crippen LogP contribution in [0.3, 0.4) is 0 Å². The Hall–Kier alpha value is -1.50. The molecular weight excluding hydrogens is 408 g/mol. The van der Waals surface area contributed by atoms with E-state index in [0.29, 0.717) is 37.9 Å². The van der Waals surface area contributed by atoms with Gasteiger partial charge in [-0.15, -0.1) is 23.5 Å². The lowest BCUT2D eigenvalue weighted by Gasteiger charge is -2.07. The molecule has 162 valence electrons. The van der Waals surface area contributed by atoms with E-state index in [2.05, 4.69) is 21.3 Å². The van der Waals surface area contributed by atoms with Crippen LogP contribution in [0.1, 0.15) is 0 Å². The summed E-state index contributed by atoms with van der Waals surface area (Å²) in [5, 5.41) is 9.87. The number of carbonyl (C=O) groups excluding carboxylic acids is 4. The molecule has 0 aromatic rings. The Morgan fingerprint density at radius 2 is 1.04 bits per heavy atom. The molecule has 0 saturated carbocycles. The fourth-order valence-electron chi connectivity index (χ4n) is 1.52. The van der Waals surface area contributed by atoms with Crippen LogP contribution in [0.5, 0.6) is 0 Å². The van der Waals surface area contributed by atoms with Gasteiger partial charge < -0.3 is 30.7 Å². The van der Waals surface area contributed by atoms with Crippen LogP contribution in [0.4, 0.5) is 0 Å². The third-order valence-electron chi connectivity index (χ3n) is 3.03. The van der Waals surface area contributed by atoms with Crippen LogP contribution in [0.25, 0.3) is 0 Å². The molecule has 10 nitrogen and oxygen atoms in total. The lowest BCUT2D eigenvalue weighted by atomic mass is 10.5. The average Bonchev–Trinajstić information content (AvgIpc) is 2.70. The van der Waals surface area contributed by atoms with Crippen molar-refractivity contribution in [2.75, 3.05) is 76.6 Å². The summed E-state index contributed by atoms with van der Waals surface area (Å²) in [5.41, 5.74) is 0. The van der Waals surface area contributed by atoms with E-state index in [1.807, 2.05) is 0 Å². The van der Waals surface area contributed by atoms with Gasteiger partial charge in [-0.2, -0.15) is 0 Å². The van der Waals surface area contributed by atoms with Crippen molar-refractivity contribution in [1.29, 1.82) is 0 Å². The van der Waals surface area contributed by atoms with Crippen LogP contribution >= 0.6 is 23.5 Å². The molecule has 0 bridgehead atoms. The molecule has 12 heteroatoms. The predicted octanol–water partition coefficient (Wildman–Crippen LogP) is -1.79. The number of carbonyl (C=O) groups is 4. The van der Waals surface area contributed by atoms with Gasteiger partial charge >= 0.3 is 0 Å². The van der Waals surface area contributed by atoms with Crippen molar-refractivity contribution in [1.82, 2.24) is 21.3 Å². The molecule has 4 amide bonds. The molecule has 0 spiro atoms. The lowest BCUT2D eigenvalue weighted by molar-refractivity contribution is -0.124. The maximum atomic E-state index is 11.4. The van der Waals surface area contributed by atoms with Crippen molar-refractivity contribution in [3.63, 3.8) is 0 Å². The monoisotopic (exact) mass is 438 g/mol. The number of nitrogens with one attached hydrogen (secondary N) is 4. The van der Waals surface area contributed by atoms with E-state index < -0.39 is 0 Å². The van der Waals surface area contributed by atoms with E-state index in [1.165, 1.54) is 37.6 Å². The Morgan fingerprint density at radius 3 is 1.39 bits per heavy atom. The van der Waals surface area contributed by atoms with E-state index in [-0.39, 0.29) is 48.2 Å². The molecule has 0 unspecified atom stereocenters. The summed E-state index contributed by atoms with van der Waals surface area (Å²) in [4.78, 5) is 44.8. The first-order valence-electron chi connectivity index (χ1n) is 8.75. The average molecular weight is 439 g/mol. The number of likely N-dealkylation sites (N-methyl/N-ethyl adjacent to an activating group) is 2. The maximum Gasteiger partial charge on any atom is 0.239 e. The molecule has 0 atom stereocenters. The molecule has 0 fully saturated rings. The topological polar surface area (TPSA) is 135 Å². The Kier molecular flexibility index (Phi) is 17.8. The fraction of sp³-hybridized carbons (Fsp3) is 0.750. The summed E-state index contributed by atoms with van der Waals surface area (Å²) >= 11 is 2.86. The minimum Gasteiger partial charge on any atom is -0.378 e. The second-order valence-electron chi connectivity index (χ2n) is 5.23. The maximum absolute atomic E-state index is 11.4. The van der Waals surface area contributed by atoms with Crippen LogP contribution in [0.2, 0.25) is 0 Å². The van der Waals surface area contributed by atoms with E-state index in [9.17, 15) is 19.2 Å². The van der Waals surface area contributed by atoms with E-state index in [0.717, 1.165) is 0 Å². The van der Waals surface area contributed by atoms with Crippen molar-refractivity contribution in [3.05, 3.63) is 0 Å². The van der Waals surface area contributed by atoms with Crippen LogP contribution < -0.4 is 21.3 Å². The molecular formula is C16H30N4O6S2. The first kappa shape index (κ1) is 26.5. The van der Waals surface area contributed by atoms with Gasteiger partial charge in [-0.3, -0.25) is 19.2 Å². The minimum atomic E-state index is -0.232. The second kappa shape index (κ2) is 18.8.